The van der Waals surface area contributed by atoms with Gasteiger partial charge in [0.15, 0.2) is 5.16 Å². The fraction of sp³-hybridized carbons (Fsp3) is 0.818. The lowest BCUT2D eigenvalue weighted by molar-refractivity contribution is 0.290. The van der Waals surface area contributed by atoms with Crippen molar-refractivity contribution >= 4 is 11.8 Å². The highest BCUT2D eigenvalue weighted by Gasteiger charge is 2.42. The number of hydrogen-bond donors (Lipinski definition) is 2. The molecule has 2 unspecified atom stereocenters. The first-order valence-corrected chi connectivity index (χ1v) is 6.77. The molecule has 1 heterocycles. The van der Waals surface area contributed by atoms with E-state index in [0.717, 1.165) is 11.7 Å². The first-order chi connectivity index (χ1) is 7.63. The van der Waals surface area contributed by atoms with Crippen LogP contribution in [0.1, 0.15) is 33.6 Å². The van der Waals surface area contributed by atoms with Crippen molar-refractivity contribution in [3.63, 3.8) is 0 Å². The topological polar surface area (TPSA) is 53.6 Å². The second kappa shape index (κ2) is 4.75. The molecular weight excluding hydrogens is 220 g/mol. The Labute approximate surface area is 101 Å². The fourth-order valence-corrected chi connectivity index (χ4v) is 3.83. The SMILES string of the molecule is CCNC1C(Sc2ncn[nH]2)CCC1(C)C. The van der Waals surface area contributed by atoms with Crippen molar-refractivity contribution in [2.75, 3.05) is 6.54 Å². The van der Waals surface area contributed by atoms with Crippen LogP contribution < -0.4 is 5.32 Å². The summed E-state index contributed by atoms with van der Waals surface area (Å²) in [6.07, 6.45) is 4.09. The summed E-state index contributed by atoms with van der Waals surface area (Å²) < 4.78 is 0. The van der Waals surface area contributed by atoms with Crippen molar-refractivity contribution in [3.05, 3.63) is 6.33 Å². The van der Waals surface area contributed by atoms with Gasteiger partial charge in [0, 0.05) is 11.3 Å². The van der Waals surface area contributed by atoms with Crippen molar-refractivity contribution < 1.29 is 0 Å². The van der Waals surface area contributed by atoms with Gasteiger partial charge >= 0.3 is 0 Å². The highest BCUT2D eigenvalue weighted by molar-refractivity contribution is 7.99. The minimum atomic E-state index is 0.383. The van der Waals surface area contributed by atoms with Crippen LogP contribution in [-0.4, -0.2) is 33.0 Å². The van der Waals surface area contributed by atoms with E-state index in [1.807, 2.05) is 11.8 Å². The van der Waals surface area contributed by atoms with Crippen molar-refractivity contribution in [1.82, 2.24) is 20.5 Å². The average molecular weight is 240 g/mol. The Bertz CT molecular complexity index is 323. The van der Waals surface area contributed by atoms with E-state index in [-0.39, 0.29) is 0 Å². The van der Waals surface area contributed by atoms with E-state index in [2.05, 4.69) is 41.3 Å². The highest BCUT2D eigenvalue weighted by Crippen LogP contribution is 2.44. The number of H-pyrrole nitrogens is 1. The number of nitrogens with one attached hydrogen (secondary N) is 2. The Hall–Kier alpha value is -0.550. The number of aromatic nitrogens is 3. The lowest BCUT2D eigenvalue weighted by Crippen LogP contribution is -2.43. The van der Waals surface area contributed by atoms with E-state index in [9.17, 15) is 0 Å². The van der Waals surface area contributed by atoms with Gasteiger partial charge in [0.2, 0.25) is 0 Å². The molecule has 0 bridgehead atoms. The predicted octanol–water partition coefficient (Wildman–Crippen LogP) is 2.06. The van der Waals surface area contributed by atoms with Crippen molar-refractivity contribution in [3.8, 4) is 0 Å². The van der Waals surface area contributed by atoms with Crippen LogP contribution in [0.3, 0.4) is 0 Å². The van der Waals surface area contributed by atoms with Gasteiger partial charge in [-0.2, -0.15) is 5.10 Å². The van der Waals surface area contributed by atoms with Crippen molar-refractivity contribution in [1.29, 1.82) is 0 Å². The molecule has 0 aromatic carbocycles. The molecule has 90 valence electrons. The Morgan fingerprint density at radius 2 is 2.44 bits per heavy atom. The molecule has 0 radical (unpaired) electrons. The number of hydrogen-bond acceptors (Lipinski definition) is 4. The van der Waals surface area contributed by atoms with Crippen LogP contribution in [0.25, 0.3) is 0 Å². The van der Waals surface area contributed by atoms with Crippen LogP contribution >= 0.6 is 11.8 Å². The molecule has 0 aliphatic heterocycles. The Kier molecular flexibility index (Phi) is 3.54. The van der Waals surface area contributed by atoms with Gasteiger partial charge in [-0.25, -0.2) is 4.98 Å². The van der Waals surface area contributed by atoms with Crippen molar-refractivity contribution in [2.24, 2.45) is 5.41 Å². The largest absolute Gasteiger partial charge is 0.313 e. The van der Waals surface area contributed by atoms with Gasteiger partial charge in [0.1, 0.15) is 6.33 Å². The van der Waals surface area contributed by atoms with Gasteiger partial charge in [0.05, 0.1) is 0 Å². The standard InChI is InChI=1S/C11H20N4S/c1-4-12-9-8(5-6-11(9,2)3)16-10-13-7-14-15-10/h7-9,12H,4-6H2,1-3H3,(H,13,14,15). The lowest BCUT2D eigenvalue weighted by atomic mass is 9.87. The maximum Gasteiger partial charge on any atom is 0.183 e. The third-order valence-corrected chi connectivity index (χ3v) is 4.60. The average Bonchev–Trinajstić information content (AvgIpc) is 2.81. The molecule has 2 atom stereocenters. The van der Waals surface area contributed by atoms with E-state index < -0.39 is 0 Å². The summed E-state index contributed by atoms with van der Waals surface area (Å²) in [6.45, 7) is 7.90. The summed E-state index contributed by atoms with van der Waals surface area (Å²) >= 11 is 1.82. The molecule has 2 rings (SSSR count). The summed E-state index contributed by atoms with van der Waals surface area (Å²) in [5.74, 6) is 0. The summed E-state index contributed by atoms with van der Waals surface area (Å²) in [5, 5.41) is 12.0. The zero-order chi connectivity index (χ0) is 11.6. The smallest absolute Gasteiger partial charge is 0.183 e. The summed E-state index contributed by atoms with van der Waals surface area (Å²) in [4.78, 5) is 4.19. The molecule has 16 heavy (non-hydrogen) atoms. The molecule has 1 aromatic rings. The predicted molar refractivity (Wildman–Crippen MR) is 66.5 cm³/mol. The zero-order valence-corrected chi connectivity index (χ0v) is 11.0. The second-order valence-corrected chi connectivity index (χ2v) is 6.24. The van der Waals surface area contributed by atoms with Crippen LogP contribution in [0.4, 0.5) is 0 Å². The first kappa shape index (κ1) is 11.9. The van der Waals surface area contributed by atoms with Crippen molar-refractivity contribution in [2.45, 2.75) is 50.1 Å². The second-order valence-electron chi connectivity index (χ2n) is 5.01. The van der Waals surface area contributed by atoms with E-state index in [1.54, 1.807) is 6.33 Å². The molecule has 1 aliphatic carbocycles. The van der Waals surface area contributed by atoms with Gasteiger partial charge in [-0.1, -0.05) is 32.5 Å². The number of rotatable bonds is 4. The molecule has 1 aromatic heterocycles. The van der Waals surface area contributed by atoms with Crippen LogP contribution in [-0.2, 0) is 0 Å². The number of thioether (sulfide) groups is 1. The lowest BCUT2D eigenvalue weighted by Gasteiger charge is -2.30. The maximum atomic E-state index is 4.19. The Morgan fingerprint density at radius 1 is 1.62 bits per heavy atom. The molecule has 1 aliphatic rings. The fourth-order valence-electron chi connectivity index (χ4n) is 2.49. The normalized spacial score (nSPS) is 28.4. The Morgan fingerprint density at radius 3 is 3.06 bits per heavy atom. The van der Waals surface area contributed by atoms with E-state index in [1.165, 1.54) is 12.8 Å². The quantitative estimate of drug-likeness (QED) is 0.846. The molecule has 5 heteroatoms. The molecule has 0 amide bonds. The first-order valence-electron chi connectivity index (χ1n) is 5.89. The van der Waals surface area contributed by atoms with Gasteiger partial charge in [0.25, 0.3) is 0 Å². The van der Waals surface area contributed by atoms with E-state index >= 15 is 0 Å². The van der Waals surface area contributed by atoms with Gasteiger partial charge in [-0.05, 0) is 24.8 Å². The third-order valence-electron chi connectivity index (χ3n) is 3.37. The molecular formula is C11H20N4S. The van der Waals surface area contributed by atoms with Gasteiger partial charge < -0.3 is 5.32 Å². The summed E-state index contributed by atoms with van der Waals surface area (Å²) in [7, 11) is 0. The van der Waals surface area contributed by atoms with Crippen LogP contribution in [0.2, 0.25) is 0 Å². The zero-order valence-electron chi connectivity index (χ0n) is 10.2. The minimum absolute atomic E-state index is 0.383. The molecule has 0 spiro atoms. The number of nitrogens with zero attached hydrogens (tertiary/aromatic N) is 2. The van der Waals surface area contributed by atoms with Crippen LogP contribution in [0.15, 0.2) is 11.5 Å². The Balaban J connectivity index is 2.04. The summed E-state index contributed by atoms with van der Waals surface area (Å²) in [5.41, 5.74) is 0.383. The van der Waals surface area contributed by atoms with Crippen LogP contribution in [0, 0.1) is 5.41 Å². The van der Waals surface area contributed by atoms with Gasteiger partial charge in [-0.15, -0.1) is 0 Å². The van der Waals surface area contributed by atoms with Crippen LogP contribution in [0.5, 0.6) is 0 Å². The monoisotopic (exact) mass is 240 g/mol. The molecule has 1 fully saturated rings. The maximum absolute atomic E-state index is 4.19. The number of aromatic amines is 1. The molecule has 4 nitrogen and oxygen atoms in total. The highest BCUT2D eigenvalue weighted by atomic mass is 32.2. The molecule has 0 saturated heterocycles. The van der Waals surface area contributed by atoms with Gasteiger partial charge in [-0.3, -0.25) is 5.10 Å². The van der Waals surface area contributed by atoms with E-state index in [0.29, 0.717) is 16.7 Å². The minimum Gasteiger partial charge on any atom is -0.313 e. The van der Waals surface area contributed by atoms with E-state index in [4.69, 9.17) is 0 Å². The molecule has 1 saturated carbocycles. The summed E-state index contributed by atoms with van der Waals surface area (Å²) in [6, 6.07) is 0.563. The molecule has 2 N–H and O–H groups in total. The third kappa shape index (κ3) is 2.40.